The molecule has 0 atom stereocenters. The van der Waals surface area contributed by atoms with Crippen molar-refractivity contribution >= 4 is 17.4 Å². The molecular weight excluding hydrogens is 350 g/mol. The lowest BCUT2D eigenvalue weighted by atomic mass is 10.2. The highest BCUT2D eigenvalue weighted by Crippen LogP contribution is 2.16. The molecule has 3 rings (SSSR count). The highest BCUT2D eigenvalue weighted by Gasteiger charge is 2.25. The molecule has 4 N–H and O–H groups in total. The smallest absolute Gasteiger partial charge is 0.330 e. The summed E-state index contributed by atoms with van der Waals surface area (Å²) in [6.07, 6.45) is 0. The van der Waals surface area contributed by atoms with Crippen molar-refractivity contribution in [1.82, 2.24) is 9.55 Å². The molecule has 0 spiro atoms. The van der Waals surface area contributed by atoms with Crippen LogP contribution in [0.5, 0.6) is 0 Å². The number of nitrogen functional groups attached to an aromatic ring is 1. The molecule has 144 valence electrons. The molecule has 1 aromatic heterocycles. The molecule has 9 heteroatoms. The van der Waals surface area contributed by atoms with E-state index < -0.39 is 11.2 Å². The highest BCUT2D eigenvalue weighted by atomic mass is 16.5. The van der Waals surface area contributed by atoms with E-state index in [9.17, 15) is 14.4 Å². The number of carbonyl (C=O) groups excluding carboxylic acids is 1. The Kier molecular flexibility index (Phi) is 5.72. The van der Waals surface area contributed by atoms with Crippen LogP contribution in [0.15, 0.2) is 39.9 Å². The zero-order chi connectivity index (χ0) is 19.4. The number of nitrogens with two attached hydrogens (primary N) is 1. The molecule has 9 nitrogen and oxygen atoms in total. The fourth-order valence-corrected chi connectivity index (χ4v) is 3.12. The summed E-state index contributed by atoms with van der Waals surface area (Å²) in [4.78, 5) is 41.8. The lowest BCUT2D eigenvalue weighted by molar-refractivity contribution is -0.900. The van der Waals surface area contributed by atoms with Crippen molar-refractivity contribution < 1.29 is 14.4 Å². The lowest BCUT2D eigenvalue weighted by Crippen LogP contribution is -3.15. The first-order chi connectivity index (χ1) is 13.0. The Hall–Kier alpha value is -2.91. The molecule has 1 amide bonds. The van der Waals surface area contributed by atoms with Crippen molar-refractivity contribution in [2.75, 3.05) is 50.5 Å². The molecular formula is C18H24N5O4+. The number of rotatable bonds is 5. The number of likely N-dealkylation sites (N-methyl/N-ethyl adjacent to an activating group) is 1. The number of benzene rings is 1. The summed E-state index contributed by atoms with van der Waals surface area (Å²) in [6.45, 7) is 3.12. The van der Waals surface area contributed by atoms with E-state index in [0.29, 0.717) is 13.2 Å². The van der Waals surface area contributed by atoms with Gasteiger partial charge >= 0.3 is 5.69 Å². The SMILES string of the molecule is CN(C(=O)C[NH+]1CCOCC1)c1c(N)n(Cc2ccccc2)c(=O)[nH]c1=O. The number of quaternary nitrogens is 1. The highest BCUT2D eigenvalue weighted by molar-refractivity contribution is 5.95. The Morgan fingerprint density at radius 1 is 1.26 bits per heavy atom. The number of aromatic nitrogens is 2. The van der Waals surface area contributed by atoms with Gasteiger partial charge in [0.25, 0.3) is 11.5 Å². The maximum absolute atomic E-state index is 12.6. The van der Waals surface area contributed by atoms with Crippen LogP contribution in [0.25, 0.3) is 0 Å². The number of carbonyl (C=O) groups is 1. The summed E-state index contributed by atoms with van der Waals surface area (Å²) < 4.78 is 6.55. The Morgan fingerprint density at radius 3 is 2.59 bits per heavy atom. The second-order valence-electron chi connectivity index (χ2n) is 6.56. The maximum Gasteiger partial charge on any atom is 0.330 e. The van der Waals surface area contributed by atoms with E-state index in [0.717, 1.165) is 23.6 Å². The summed E-state index contributed by atoms with van der Waals surface area (Å²) in [5.41, 5.74) is 5.70. The fraction of sp³-hybridized carbons (Fsp3) is 0.389. The van der Waals surface area contributed by atoms with Gasteiger partial charge in [-0.15, -0.1) is 0 Å². The first-order valence-corrected chi connectivity index (χ1v) is 8.81. The van der Waals surface area contributed by atoms with E-state index in [1.165, 1.54) is 16.5 Å². The van der Waals surface area contributed by atoms with Crippen molar-refractivity contribution in [1.29, 1.82) is 0 Å². The topological polar surface area (TPSA) is 115 Å². The van der Waals surface area contributed by atoms with E-state index in [4.69, 9.17) is 10.5 Å². The number of aromatic amines is 1. The molecule has 0 bridgehead atoms. The Morgan fingerprint density at radius 2 is 1.93 bits per heavy atom. The zero-order valence-corrected chi connectivity index (χ0v) is 15.2. The average Bonchev–Trinajstić information content (AvgIpc) is 2.66. The number of hydrogen-bond acceptors (Lipinski definition) is 5. The van der Waals surface area contributed by atoms with Crippen molar-refractivity contribution in [2.24, 2.45) is 0 Å². The number of H-pyrrole nitrogens is 1. The second kappa shape index (κ2) is 8.19. The minimum atomic E-state index is -0.672. The zero-order valence-electron chi connectivity index (χ0n) is 15.2. The van der Waals surface area contributed by atoms with Crippen LogP contribution in [0.2, 0.25) is 0 Å². The van der Waals surface area contributed by atoms with Gasteiger partial charge in [0.2, 0.25) is 0 Å². The van der Waals surface area contributed by atoms with Crippen molar-refractivity contribution in [3.63, 3.8) is 0 Å². The normalized spacial score (nSPS) is 14.9. The monoisotopic (exact) mass is 374 g/mol. The van der Waals surface area contributed by atoms with Crippen LogP contribution in [-0.2, 0) is 16.1 Å². The van der Waals surface area contributed by atoms with Gasteiger partial charge in [0, 0.05) is 7.05 Å². The molecule has 1 fully saturated rings. The molecule has 1 aliphatic rings. The van der Waals surface area contributed by atoms with Gasteiger partial charge in [-0.2, -0.15) is 0 Å². The number of hydrogen-bond donors (Lipinski definition) is 3. The van der Waals surface area contributed by atoms with Crippen LogP contribution in [0.3, 0.4) is 0 Å². The van der Waals surface area contributed by atoms with Crippen molar-refractivity contribution in [3.05, 3.63) is 56.7 Å². The van der Waals surface area contributed by atoms with Crippen LogP contribution in [0.4, 0.5) is 11.5 Å². The van der Waals surface area contributed by atoms with Gasteiger partial charge in [-0.1, -0.05) is 30.3 Å². The number of amides is 1. The molecule has 0 unspecified atom stereocenters. The minimum Gasteiger partial charge on any atom is -0.383 e. The Labute approximate surface area is 156 Å². The molecule has 2 aromatic rings. The molecule has 2 heterocycles. The summed E-state index contributed by atoms with van der Waals surface area (Å²) in [7, 11) is 1.50. The fourth-order valence-electron chi connectivity index (χ4n) is 3.12. The van der Waals surface area contributed by atoms with Crippen LogP contribution < -0.4 is 26.8 Å². The number of nitrogens with one attached hydrogen (secondary N) is 2. The predicted octanol–water partition coefficient (Wildman–Crippen LogP) is -1.95. The standard InChI is InChI=1S/C18H23N5O4/c1-21(14(24)12-22-7-9-27-10-8-22)15-16(19)23(18(26)20-17(15)25)11-13-5-3-2-4-6-13/h2-6H,7-12,19H2,1H3,(H,20,25,26)/p+1. The number of morpholine rings is 1. The quantitative estimate of drug-likeness (QED) is 0.563. The van der Waals surface area contributed by atoms with Gasteiger partial charge in [-0.3, -0.25) is 19.1 Å². The van der Waals surface area contributed by atoms with E-state index >= 15 is 0 Å². The third kappa shape index (κ3) is 4.26. The van der Waals surface area contributed by atoms with Crippen molar-refractivity contribution in [2.45, 2.75) is 6.54 Å². The second-order valence-corrected chi connectivity index (χ2v) is 6.56. The summed E-state index contributed by atoms with van der Waals surface area (Å²) >= 11 is 0. The Balaban J connectivity index is 1.87. The van der Waals surface area contributed by atoms with Gasteiger partial charge in [0.15, 0.2) is 12.2 Å². The van der Waals surface area contributed by atoms with Crippen molar-refractivity contribution in [3.8, 4) is 0 Å². The third-order valence-corrected chi connectivity index (χ3v) is 4.71. The van der Waals surface area contributed by atoms with E-state index in [-0.39, 0.29) is 30.5 Å². The van der Waals surface area contributed by atoms with Gasteiger partial charge in [0.05, 0.1) is 19.8 Å². The van der Waals surface area contributed by atoms with E-state index in [1.54, 1.807) is 0 Å². The molecule has 27 heavy (non-hydrogen) atoms. The summed E-state index contributed by atoms with van der Waals surface area (Å²) in [5.74, 6) is -0.269. The largest absolute Gasteiger partial charge is 0.383 e. The first kappa shape index (κ1) is 18.9. The molecule has 1 aliphatic heterocycles. The van der Waals surface area contributed by atoms with Gasteiger partial charge in [-0.25, -0.2) is 4.79 Å². The van der Waals surface area contributed by atoms with Crippen LogP contribution in [0, 0.1) is 0 Å². The predicted molar refractivity (Wildman–Crippen MR) is 101 cm³/mol. The average molecular weight is 374 g/mol. The Bertz CT molecular complexity index is 916. The maximum atomic E-state index is 12.6. The first-order valence-electron chi connectivity index (χ1n) is 8.81. The van der Waals surface area contributed by atoms with Crippen LogP contribution in [-0.4, -0.2) is 55.4 Å². The van der Waals surface area contributed by atoms with Gasteiger partial charge < -0.3 is 20.3 Å². The number of anilines is 2. The lowest BCUT2D eigenvalue weighted by Gasteiger charge is -2.26. The molecule has 1 saturated heterocycles. The third-order valence-electron chi connectivity index (χ3n) is 4.71. The molecule has 0 saturated carbocycles. The summed E-state index contributed by atoms with van der Waals surface area (Å²) in [5, 5.41) is 0. The molecule has 1 aromatic carbocycles. The summed E-state index contributed by atoms with van der Waals surface area (Å²) in [6, 6.07) is 9.28. The van der Waals surface area contributed by atoms with Crippen LogP contribution in [0.1, 0.15) is 5.56 Å². The van der Waals surface area contributed by atoms with E-state index in [2.05, 4.69) is 4.98 Å². The van der Waals surface area contributed by atoms with E-state index in [1.807, 2.05) is 30.3 Å². The van der Waals surface area contributed by atoms with Gasteiger partial charge in [0.1, 0.15) is 18.9 Å². The van der Waals surface area contributed by atoms with Crippen LogP contribution >= 0.6 is 0 Å². The number of ether oxygens (including phenoxy) is 1. The minimum absolute atomic E-state index is 0.0109. The van der Waals surface area contributed by atoms with Gasteiger partial charge in [-0.05, 0) is 5.56 Å². The molecule has 0 aliphatic carbocycles. The molecule has 0 radical (unpaired) electrons. The number of nitrogens with zero attached hydrogens (tertiary/aromatic N) is 2.